The van der Waals surface area contributed by atoms with E-state index < -0.39 is 0 Å². The normalized spacial score (nSPS) is 11.8. The second kappa shape index (κ2) is 6.38. The summed E-state index contributed by atoms with van der Waals surface area (Å²) in [5.41, 5.74) is 8.66. The van der Waals surface area contributed by atoms with Gasteiger partial charge in [0, 0.05) is 17.2 Å². The minimum Gasteiger partial charge on any atom is -0.488 e. The Morgan fingerprint density at radius 1 is 1.29 bits per heavy atom. The first kappa shape index (κ1) is 15.0. The number of ether oxygens (including phenoxy) is 1. The number of nitriles is 1. The lowest BCUT2D eigenvalue weighted by atomic mass is 10.1. The van der Waals surface area contributed by atoms with Crippen molar-refractivity contribution >= 4 is 0 Å². The Balaban J connectivity index is 2.23. The third kappa shape index (κ3) is 3.59. The number of hydrogen-bond acceptors (Lipinski definition) is 3. The summed E-state index contributed by atoms with van der Waals surface area (Å²) in [5.74, 6) is 0.251. The fourth-order valence-electron chi connectivity index (χ4n) is 2.07. The molecule has 4 heteroatoms. The van der Waals surface area contributed by atoms with Crippen molar-refractivity contribution in [3.05, 3.63) is 64.5 Å². The van der Waals surface area contributed by atoms with Gasteiger partial charge in [-0.1, -0.05) is 17.7 Å². The van der Waals surface area contributed by atoms with Crippen molar-refractivity contribution < 1.29 is 9.13 Å². The van der Waals surface area contributed by atoms with Gasteiger partial charge < -0.3 is 10.5 Å². The molecule has 0 aliphatic carbocycles. The summed E-state index contributed by atoms with van der Waals surface area (Å²) < 4.78 is 19.4. The summed E-state index contributed by atoms with van der Waals surface area (Å²) in [6.45, 7) is 3.91. The molecule has 3 nitrogen and oxygen atoms in total. The van der Waals surface area contributed by atoms with Crippen LogP contribution < -0.4 is 10.5 Å². The van der Waals surface area contributed by atoms with Crippen molar-refractivity contribution in [2.75, 3.05) is 0 Å². The van der Waals surface area contributed by atoms with Crippen molar-refractivity contribution in [2.24, 2.45) is 5.73 Å². The number of nitrogens with two attached hydrogens (primary N) is 1. The number of nitrogens with zero attached hydrogens (tertiary/aromatic N) is 1. The van der Waals surface area contributed by atoms with E-state index >= 15 is 0 Å². The second-order valence-corrected chi connectivity index (χ2v) is 5.04. The molecule has 1 atom stereocenters. The van der Waals surface area contributed by atoms with Crippen LogP contribution in [0.4, 0.5) is 4.39 Å². The molecule has 0 fully saturated rings. The van der Waals surface area contributed by atoms with Gasteiger partial charge in [-0.15, -0.1) is 0 Å². The van der Waals surface area contributed by atoms with Crippen LogP contribution in [0.5, 0.6) is 5.75 Å². The molecule has 0 aliphatic rings. The molecule has 0 amide bonds. The Morgan fingerprint density at radius 2 is 2.05 bits per heavy atom. The maximum absolute atomic E-state index is 13.7. The van der Waals surface area contributed by atoms with Gasteiger partial charge in [0.15, 0.2) is 0 Å². The van der Waals surface area contributed by atoms with Crippen molar-refractivity contribution in [3.63, 3.8) is 0 Å². The summed E-state index contributed by atoms with van der Waals surface area (Å²) in [6.07, 6.45) is 0. The maximum atomic E-state index is 13.7. The molecular weight excluding hydrogens is 267 g/mol. The Hall–Kier alpha value is -2.38. The van der Waals surface area contributed by atoms with Crippen molar-refractivity contribution in [3.8, 4) is 11.8 Å². The molecule has 2 aromatic carbocycles. The van der Waals surface area contributed by atoms with Gasteiger partial charge in [0.25, 0.3) is 0 Å². The molecule has 0 radical (unpaired) electrons. The topological polar surface area (TPSA) is 59.0 Å². The average molecular weight is 284 g/mol. The van der Waals surface area contributed by atoms with Crippen LogP contribution in [0, 0.1) is 24.1 Å². The highest BCUT2D eigenvalue weighted by atomic mass is 19.1. The van der Waals surface area contributed by atoms with Crippen LogP contribution in [0.2, 0.25) is 0 Å². The SMILES string of the molecule is Cc1ccc(OCc2cc(C#N)ccc2F)c([C@@H](C)N)c1. The van der Waals surface area contributed by atoms with Crippen LogP contribution in [-0.4, -0.2) is 0 Å². The van der Waals surface area contributed by atoms with Crippen molar-refractivity contribution in [1.82, 2.24) is 0 Å². The quantitative estimate of drug-likeness (QED) is 0.933. The van der Waals surface area contributed by atoms with Crippen LogP contribution in [0.1, 0.15) is 35.2 Å². The molecule has 0 heterocycles. The minimum atomic E-state index is -0.386. The summed E-state index contributed by atoms with van der Waals surface area (Å²) in [7, 11) is 0. The van der Waals surface area contributed by atoms with Gasteiger partial charge in [-0.3, -0.25) is 0 Å². The predicted octanol–water partition coefficient (Wildman–Crippen LogP) is 3.60. The third-order valence-corrected chi connectivity index (χ3v) is 3.21. The largest absolute Gasteiger partial charge is 0.488 e. The molecule has 2 aromatic rings. The maximum Gasteiger partial charge on any atom is 0.129 e. The van der Waals surface area contributed by atoms with E-state index in [1.807, 2.05) is 38.1 Å². The standard InChI is InChI=1S/C17H17FN2O/c1-11-3-6-17(15(7-11)12(2)20)21-10-14-8-13(9-19)4-5-16(14)18/h3-8,12H,10,20H2,1-2H3/t12-/m1/s1. The predicted molar refractivity (Wildman–Crippen MR) is 79.2 cm³/mol. The number of aryl methyl sites for hydroxylation is 1. The van der Waals surface area contributed by atoms with Gasteiger partial charge in [-0.2, -0.15) is 5.26 Å². The van der Waals surface area contributed by atoms with E-state index in [4.69, 9.17) is 15.7 Å². The summed E-state index contributed by atoms with van der Waals surface area (Å²) >= 11 is 0. The number of benzene rings is 2. The highest BCUT2D eigenvalue weighted by molar-refractivity contribution is 5.39. The number of halogens is 1. The van der Waals surface area contributed by atoms with Crippen LogP contribution in [0.15, 0.2) is 36.4 Å². The lowest BCUT2D eigenvalue weighted by Gasteiger charge is -2.15. The molecule has 0 saturated carbocycles. The van der Waals surface area contributed by atoms with Gasteiger partial charge in [0.2, 0.25) is 0 Å². The number of rotatable bonds is 4. The first-order valence-electron chi connectivity index (χ1n) is 6.68. The fourth-order valence-corrected chi connectivity index (χ4v) is 2.07. The van der Waals surface area contributed by atoms with E-state index in [-0.39, 0.29) is 18.5 Å². The molecule has 0 aliphatic heterocycles. The van der Waals surface area contributed by atoms with Crippen LogP contribution in [0.25, 0.3) is 0 Å². The molecule has 0 aromatic heterocycles. The zero-order chi connectivity index (χ0) is 15.4. The first-order chi connectivity index (χ1) is 10.0. The Bertz CT molecular complexity index is 690. The highest BCUT2D eigenvalue weighted by Gasteiger charge is 2.10. The molecule has 21 heavy (non-hydrogen) atoms. The van der Waals surface area contributed by atoms with Gasteiger partial charge >= 0.3 is 0 Å². The van der Waals surface area contributed by atoms with Crippen LogP contribution in [-0.2, 0) is 6.61 Å². The molecule has 0 unspecified atom stereocenters. The Morgan fingerprint density at radius 3 is 2.71 bits per heavy atom. The van der Waals surface area contributed by atoms with E-state index in [2.05, 4.69) is 0 Å². The fraction of sp³-hybridized carbons (Fsp3) is 0.235. The van der Waals surface area contributed by atoms with Gasteiger partial charge in [-0.05, 0) is 38.1 Å². The number of hydrogen-bond donors (Lipinski definition) is 1. The monoisotopic (exact) mass is 284 g/mol. The molecule has 0 spiro atoms. The second-order valence-electron chi connectivity index (χ2n) is 5.04. The zero-order valence-corrected chi connectivity index (χ0v) is 12.1. The molecule has 0 saturated heterocycles. The molecule has 2 rings (SSSR count). The molecule has 2 N–H and O–H groups in total. The van der Waals surface area contributed by atoms with Crippen LogP contribution >= 0.6 is 0 Å². The van der Waals surface area contributed by atoms with E-state index in [0.29, 0.717) is 16.9 Å². The lowest BCUT2D eigenvalue weighted by Crippen LogP contribution is -2.09. The average Bonchev–Trinajstić information content (AvgIpc) is 2.47. The van der Waals surface area contributed by atoms with E-state index in [1.165, 1.54) is 18.2 Å². The summed E-state index contributed by atoms with van der Waals surface area (Å²) in [5, 5.41) is 8.86. The van der Waals surface area contributed by atoms with Crippen LogP contribution in [0.3, 0.4) is 0 Å². The van der Waals surface area contributed by atoms with Crippen molar-refractivity contribution in [2.45, 2.75) is 26.5 Å². The molecule has 0 bridgehead atoms. The summed E-state index contributed by atoms with van der Waals surface area (Å²) in [4.78, 5) is 0. The smallest absolute Gasteiger partial charge is 0.129 e. The van der Waals surface area contributed by atoms with Gasteiger partial charge in [0.1, 0.15) is 18.2 Å². The van der Waals surface area contributed by atoms with Gasteiger partial charge in [-0.25, -0.2) is 4.39 Å². The first-order valence-corrected chi connectivity index (χ1v) is 6.68. The Kier molecular flexibility index (Phi) is 4.56. The van der Waals surface area contributed by atoms with Crippen molar-refractivity contribution in [1.29, 1.82) is 5.26 Å². The molecular formula is C17H17FN2O. The van der Waals surface area contributed by atoms with E-state index in [1.54, 1.807) is 0 Å². The Labute approximate surface area is 123 Å². The highest BCUT2D eigenvalue weighted by Crippen LogP contribution is 2.26. The van der Waals surface area contributed by atoms with Gasteiger partial charge in [0.05, 0.1) is 11.6 Å². The minimum absolute atomic E-state index is 0.0597. The third-order valence-electron chi connectivity index (χ3n) is 3.21. The summed E-state index contributed by atoms with van der Waals surface area (Å²) in [6, 6.07) is 11.7. The van der Waals surface area contributed by atoms with E-state index in [9.17, 15) is 4.39 Å². The van der Waals surface area contributed by atoms with E-state index in [0.717, 1.165) is 11.1 Å². The molecule has 108 valence electrons. The lowest BCUT2D eigenvalue weighted by molar-refractivity contribution is 0.295. The zero-order valence-electron chi connectivity index (χ0n) is 12.1.